The molecule has 3 aromatic carbocycles. The molecule has 3 N–H and O–H groups in total. The van der Waals surface area contributed by atoms with Crippen LogP contribution in [0.5, 0.6) is 0 Å². The molecule has 1 aliphatic rings. The Morgan fingerprint density at radius 1 is 0.971 bits per heavy atom. The highest BCUT2D eigenvalue weighted by Crippen LogP contribution is 2.44. The van der Waals surface area contributed by atoms with Crippen molar-refractivity contribution in [3.05, 3.63) is 87.9 Å². The molecule has 2 amide bonds. The maximum atomic E-state index is 14.3. The number of hydrogen-bond donors (Lipinski definition) is 3. The molecule has 0 aromatic heterocycles. The van der Waals surface area contributed by atoms with Gasteiger partial charge in [0.15, 0.2) is 0 Å². The van der Waals surface area contributed by atoms with E-state index in [2.05, 4.69) is 15.9 Å². The summed E-state index contributed by atoms with van der Waals surface area (Å²) in [7, 11) is 0. The van der Waals surface area contributed by atoms with Crippen LogP contribution in [-0.4, -0.2) is 42.2 Å². The van der Waals surface area contributed by atoms with Crippen LogP contribution >= 0.6 is 15.9 Å². The normalized spacial score (nSPS) is 12.4. The minimum Gasteiger partial charge on any atom is -0.478 e. The van der Waals surface area contributed by atoms with E-state index >= 15 is 0 Å². The number of alkyl carbamates (subject to hydrolysis) is 1. The fourth-order valence-electron chi connectivity index (χ4n) is 3.88. The SMILES string of the molecule is O=C(NCC(F)(F)C(=O)Nc1ccc(C(=O)O)cc1Br)OCC1c2ccccc2-c2ccccc21. The summed E-state index contributed by atoms with van der Waals surface area (Å²) in [6.45, 7) is -1.33. The summed E-state index contributed by atoms with van der Waals surface area (Å²) >= 11 is 3.04. The van der Waals surface area contributed by atoms with Crippen LogP contribution in [0.3, 0.4) is 0 Å². The van der Waals surface area contributed by atoms with Crippen molar-refractivity contribution in [2.24, 2.45) is 0 Å². The van der Waals surface area contributed by atoms with Gasteiger partial charge in [-0.1, -0.05) is 48.5 Å². The second kappa shape index (κ2) is 9.83. The average Bonchev–Trinajstić information content (AvgIpc) is 3.16. The third-order valence-electron chi connectivity index (χ3n) is 5.59. The zero-order valence-electron chi connectivity index (χ0n) is 18.1. The summed E-state index contributed by atoms with van der Waals surface area (Å²) in [6, 6.07) is 18.9. The number of anilines is 1. The van der Waals surface area contributed by atoms with Gasteiger partial charge in [-0.25, -0.2) is 9.59 Å². The van der Waals surface area contributed by atoms with Crippen LogP contribution in [0.4, 0.5) is 19.3 Å². The van der Waals surface area contributed by atoms with E-state index in [1.165, 1.54) is 12.1 Å². The third kappa shape index (κ3) is 5.17. The summed E-state index contributed by atoms with van der Waals surface area (Å²) in [5, 5.41) is 12.9. The molecule has 0 saturated heterocycles. The summed E-state index contributed by atoms with van der Waals surface area (Å²) < 4.78 is 34.0. The Hall–Kier alpha value is -3.79. The number of amides is 2. The first-order valence-corrected chi connectivity index (χ1v) is 11.3. The first-order chi connectivity index (χ1) is 16.7. The Morgan fingerprint density at radius 2 is 1.57 bits per heavy atom. The minimum absolute atomic E-state index is 0.0409. The van der Waals surface area contributed by atoms with Gasteiger partial charge in [0.2, 0.25) is 0 Å². The molecule has 7 nitrogen and oxygen atoms in total. The molecule has 180 valence electrons. The summed E-state index contributed by atoms with van der Waals surface area (Å²) in [4.78, 5) is 35.2. The fraction of sp³-hybridized carbons (Fsp3) is 0.160. The van der Waals surface area contributed by atoms with Crippen molar-refractivity contribution in [2.75, 3.05) is 18.5 Å². The van der Waals surface area contributed by atoms with Crippen LogP contribution in [0.25, 0.3) is 11.1 Å². The lowest BCUT2D eigenvalue weighted by Crippen LogP contribution is -2.45. The molecule has 0 aliphatic heterocycles. The van der Waals surface area contributed by atoms with E-state index in [4.69, 9.17) is 9.84 Å². The molecule has 35 heavy (non-hydrogen) atoms. The first-order valence-electron chi connectivity index (χ1n) is 10.5. The van der Waals surface area contributed by atoms with Gasteiger partial charge >= 0.3 is 18.0 Å². The molecule has 1 aliphatic carbocycles. The number of aromatic carboxylic acids is 1. The predicted molar refractivity (Wildman–Crippen MR) is 128 cm³/mol. The number of benzene rings is 3. The minimum atomic E-state index is -3.95. The molecule has 0 unspecified atom stereocenters. The first kappa shape index (κ1) is 24.3. The van der Waals surface area contributed by atoms with Gasteiger partial charge in [-0.05, 0) is 56.4 Å². The zero-order valence-corrected chi connectivity index (χ0v) is 19.6. The van der Waals surface area contributed by atoms with Gasteiger partial charge in [-0.2, -0.15) is 8.78 Å². The van der Waals surface area contributed by atoms with Gasteiger partial charge in [0.1, 0.15) is 6.61 Å². The molecular weight excluding hydrogens is 526 g/mol. The zero-order chi connectivity index (χ0) is 25.2. The van der Waals surface area contributed by atoms with Gasteiger partial charge in [-0.3, -0.25) is 4.79 Å². The summed E-state index contributed by atoms with van der Waals surface area (Å²) in [5.41, 5.74) is 3.89. The van der Waals surface area contributed by atoms with Crippen LogP contribution in [0.1, 0.15) is 27.4 Å². The molecule has 0 saturated carbocycles. The number of nitrogens with one attached hydrogen (secondary N) is 2. The standard InChI is InChI=1S/C25H19BrF2N2O5/c26-20-11-14(22(31)32)9-10-21(20)30-23(33)25(27,28)13-29-24(34)35-12-19-17-7-3-1-5-15(17)16-6-2-4-8-18(16)19/h1-11,19H,12-13H2,(H,29,34)(H,30,33)(H,31,32). The topological polar surface area (TPSA) is 105 Å². The molecule has 10 heteroatoms. The number of halogens is 3. The van der Waals surface area contributed by atoms with Gasteiger partial charge in [0.05, 0.1) is 17.8 Å². The Balaban J connectivity index is 1.34. The van der Waals surface area contributed by atoms with E-state index in [-0.39, 0.29) is 28.2 Å². The van der Waals surface area contributed by atoms with Crippen molar-refractivity contribution in [3.63, 3.8) is 0 Å². The van der Waals surface area contributed by atoms with E-state index in [9.17, 15) is 23.2 Å². The second-order valence-corrected chi connectivity index (χ2v) is 8.69. The highest BCUT2D eigenvalue weighted by Gasteiger charge is 2.40. The van der Waals surface area contributed by atoms with Gasteiger partial charge < -0.3 is 20.5 Å². The highest BCUT2D eigenvalue weighted by molar-refractivity contribution is 9.10. The van der Waals surface area contributed by atoms with Crippen molar-refractivity contribution < 1.29 is 33.0 Å². The number of rotatable bonds is 7. The van der Waals surface area contributed by atoms with Crippen molar-refractivity contribution in [1.82, 2.24) is 5.32 Å². The smallest absolute Gasteiger partial charge is 0.407 e. The predicted octanol–water partition coefficient (Wildman–Crippen LogP) is 5.26. The number of carboxylic acids is 1. The molecule has 0 heterocycles. The van der Waals surface area contributed by atoms with Crippen LogP contribution in [-0.2, 0) is 9.53 Å². The van der Waals surface area contributed by atoms with Crippen LogP contribution in [0.2, 0.25) is 0 Å². The molecule has 3 aromatic rings. The number of ether oxygens (including phenoxy) is 1. The van der Waals surface area contributed by atoms with Crippen molar-refractivity contribution in [3.8, 4) is 11.1 Å². The second-order valence-electron chi connectivity index (χ2n) is 7.84. The van der Waals surface area contributed by atoms with Crippen molar-refractivity contribution in [1.29, 1.82) is 0 Å². The summed E-state index contributed by atoms with van der Waals surface area (Å²) in [6.07, 6.45) is -1.08. The Morgan fingerprint density at radius 3 is 2.14 bits per heavy atom. The van der Waals surface area contributed by atoms with E-state index in [1.807, 2.05) is 59.2 Å². The summed E-state index contributed by atoms with van der Waals surface area (Å²) in [5.74, 6) is -7.05. The quantitative estimate of drug-likeness (QED) is 0.376. The monoisotopic (exact) mass is 544 g/mol. The van der Waals surface area contributed by atoms with E-state index in [0.29, 0.717) is 0 Å². The number of carbonyl (C=O) groups excluding carboxylic acids is 2. The van der Waals surface area contributed by atoms with Gasteiger partial charge in [-0.15, -0.1) is 0 Å². The van der Waals surface area contributed by atoms with Crippen LogP contribution in [0, 0.1) is 0 Å². The number of carboxylic acid groups (broad SMARTS) is 1. The Bertz CT molecular complexity index is 1270. The number of hydrogen-bond acceptors (Lipinski definition) is 4. The largest absolute Gasteiger partial charge is 0.478 e. The number of fused-ring (bicyclic) bond motifs is 3. The molecule has 4 rings (SSSR count). The molecule has 0 radical (unpaired) electrons. The van der Waals surface area contributed by atoms with Crippen molar-refractivity contribution >= 4 is 39.6 Å². The van der Waals surface area contributed by atoms with Crippen LogP contribution < -0.4 is 10.6 Å². The molecule has 0 bridgehead atoms. The maximum Gasteiger partial charge on any atom is 0.407 e. The highest BCUT2D eigenvalue weighted by atomic mass is 79.9. The lowest BCUT2D eigenvalue weighted by atomic mass is 9.98. The van der Waals surface area contributed by atoms with Crippen molar-refractivity contribution in [2.45, 2.75) is 11.8 Å². The molecule has 0 fully saturated rings. The van der Waals surface area contributed by atoms with E-state index in [0.717, 1.165) is 28.3 Å². The average molecular weight is 545 g/mol. The Kier molecular flexibility index (Phi) is 6.83. The molecule has 0 atom stereocenters. The van der Waals surface area contributed by atoms with E-state index in [1.54, 1.807) is 0 Å². The lowest BCUT2D eigenvalue weighted by molar-refractivity contribution is -0.138. The van der Waals surface area contributed by atoms with Crippen LogP contribution in [0.15, 0.2) is 71.2 Å². The maximum absolute atomic E-state index is 14.3. The lowest BCUT2D eigenvalue weighted by Gasteiger charge is -2.18. The van der Waals surface area contributed by atoms with E-state index < -0.39 is 30.4 Å². The van der Waals surface area contributed by atoms with Gasteiger partial charge in [0, 0.05) is 10.4 Å². The fourth-order valence-corrected chi connectivity index (χ4v) is 4.35. The molecule has 0 spiro atoms. The number of carbonyl (C=O) groups is 3. The number of alkyl halides is 2. The molecular formula is C25H19BrF2N2O5. The van der Waals surface area contributed by atoms with Gasteiger partial charge in [0.25, 0.3) is 5.91 Å². The third-order valence-corrected chi connectivity index (χ3v) is 6.25. The Labute approximate surface area is 207 Å².